The molecule has 172 valence electrons. The summed E-state index contributed by atoms with van der Waals surface area (Å²) in [5.41, 5.74) is 1.97. The van der Waals surface area contributed by atoms with E-state index in [2.05, 4.69) is 15.5 Å². The van der Waals surface area contributed by atoms with Crippen LogP contribution in [-0.4, -0.2) is 32.2 Å². The summed E-state index contributed by atoms with van der Waals surface area (Å²) in [5, 5.41) is 12.6. The van der Waals surface area contributed by atoms with Crippen molar-refractivity contribution in [1.29, 1.82) is 0 Å². The van der Waals surface area contributed by atoms with Crippen LogP contribution in [0.3, 0.4) is 0 Å². The predicted molar refractivity (Wildman–Crippen MR) is 133 cm³/mol. The Labute approximate surface area is 206 Å². The molecule has 0 radical (unpaired) electrons. The van der Waals surface area contributed by atoms with Crippen LogP contribution in [0.4, 0.5) is 5.69 Å². The van der Waals surface area contributed by atoms with Crippen LogP contribution < -0.4 is 10.1 Å². The highest BCUT2D eigenvalue weighted by Gasteiger charge is 2.17. The van der Waals surface area contributed by atoms with Gasteiger partial charge in [-0.05, 0) is 55.5 Å². The Bertz CT molecular complexity index is 1290. The first-order valence-electron chi connectivity index (χ1n) is 10.4. The van der Waals surface area contributed by atoms with Gasteiger partial charge in [0.05, 0.1) is 5.75 Å². The van der Waals surface area contributed by atoms with Gasteiger partial charge in [0.15, 0.2) is 16.8 Å². The summed E-state index contributed by atoms with van der Waals surface area (Å²) in [6.45, 7) is 1.68. The maximum Gasteiger partial charge on any atom is 0.234 e. The van der Waals surface area contributed by atoms with E-state index in [0.29, 0.717) is 33.0 Å². The molecule has 1 heterocycles. The van der Waals surface area contributed by atoms with Crippen molar-refractivity contribution in [2.75, 3.05) is 11.1 Å². The summed E-state index contributed by atoms with van der Waals surface area (Å²) >= 11 is 7.20. The van der Waals surface area contributed by atoms with Gasteiger partial charge in [-0.3, -0.25) is 14.2 Å². The first-order valence-corrected chi connectivity index (χ1v) is 11.8. The van der Waals surface area contributed by atoms with Gasteiger partial charge in [0.25, 0.3) is 0 Å². The zero-order valence-corrected chi connectivity index (χ0v) is 19.8. The maximum absolute atomic E-state index is 12.5. The Hall–Kier alpha value is -3.62. The van der Waals surface area contributed by atoms with E-state index in [1.807, 2.05) is 34.9 Å². The fourth-order valence-corrected chi connectivity index (χ4v) is 4.04. The molecule has 4 aromatic rings. The number of benzene rings is 3. The number of carbonyl (C=O) groups excluding carboxylic acids is 2. The van der Waals surface area contributed by atoms with Crippen molar-refractivity contribution in [2.45, 2.75) is 18.7 Å². The smallest absolute Gasteiger partial charge is 0.234 e. The van der Waals surface area contributed by atoms with Crippen LogP contribution in [0.25, 0.3) is 5.69 Å². The molecule has 7 nitrogen and oxygen atoms in total. The molecule has 1 amide bonds. The highest BCUT2D eigenvalue weighted by molar-refractivity contribution is 7.99. The third-order valence-electron chi connectivity index (χ3n) is 4.78. The zero-order valence-electron chi connectivity index (χ0n) is 18.3. The van der Waals surface area contributed by atoms with Crippen molar-refractivity contribution in [2.24, 2.45) is 0 Å². The van der Waals surface area contributed by atoms with Gasteiger partial charge in [0, 0.05) is 22.0 Å². The Morgan fingerprint density at radius 2 is 1.76 bits per heavy atom. The first-order chi connectivity index (χ1) is 16.5. The number of aromatic nitrogens is 3. The summed E-state index contributed by atoms with van der Waals surface area (Å²) in [7, 11) is 0. The van der Waals surface area contributed by atoms with E-state index in [1.165, 1.54) is 18.7 Å². The lowest BCUT2D eigenvalue weighted by atomic mass is 10.1. The van der Waals surface area contributed by atoms with Crippen molar-refractivity contribution >= 4 is 40.7 Å². The number of thioether (sulfide) groups is 1. The van der Waals surface area contributed by atoms with E-state index in [9.17, 15) is 9.59 Å². The van der Waals surface area contributed by atoms with E-state index >= 15 is 0 Å². The molecule has 1 N–H and O–H groups in total. The van der Waals surface area contributed by atoms with Crippen LogP contribution in [0.15, 0.2) is 84.0 Å². The van der Waals surface area contributed by atoms with Crippen LogP contribution in [0.1, 0.15) is 23.1 Å². The molecular formula is C25H21ClN4O3S. The van der Waals surface area contributed by atoms with Gasteiger partial charge in [-0.15, -0.1) is 10.2 Å². The first kappa shape index (κ1) is 23.5. The molecule has 0 aliphatic rings. The zero-order chi connectivity index (χ0) is 23.9. The minimum Gasteiger partial charge on any atom is -0.486 e. The standard InChI is InChI=1S/C25H21ClN4O3S/c1-17(31)18-6-5-7-20(14-18)27-24(32)16-34-25-29-28-23(30(25)21-8-3-2-4-9-21)15-33-22-12-10-19(26)11-13-22/h2-14H,15-16H2,1H3,(H,27,32). The number of Topliss-reactive ketones (excluding diaryl/α,β-unsaturated/α-hetero) is 1. The van der Waals surface area contributed by atoms with Gasteiger partial charge in [0.1, 0.15) is 12.4 Å². The van der Waals surface area contributed by atoms with Crippen LogP contribution in [-0.2, 0) is 11.4 Å². The lowest BCUT2D eigenvalue weighted by Crippen LogP contribution is -2.15. The molecule has 0 spiro atoms. The van der Waals surface area contributed by atoms with E-state index in [4.69, 9.17) is 16.3 Å². The normalized spacial score (nSPS) is 10.6. The average Bonchev–Trinajstić information content (AvgIpc) is 3.26. The topological polar surface area (TPSA) is 86.1 Å². The van der Waals surface area contributed by atoms with Gasteiger partial charge < -0.3 is 10.1 Å². The summed E-state index contributed by atoms with van der Waals surface area (Å²) in [6.07, 6.45) is 0. The largest absolute Gasteiger partial charge is 0.486 e. The molecule has 4 rings (SSSR count). The van der Waals surface area contributed by atoms with E-state index in [-0.39, 0.29) is 24.1 Å². The second-order valence-electron chi connectivity index (χ2n) is 7.29. The van der Waals surface area contributed by atoms with E-state index in [1.54, 1.807) is 48.5 Å². The van der Waals surface area contributed by atoms with Gasteiger partial charge in [-0.2, -0.15) is 0 Å². The second kappa shape index (κ2) is 11.0. The van der Waals surface area contributed by atoms with Crippen LogP contribution in [0, 0.1) is 0 Å². The number of nitrogens with zero attached hydrogens (tertiary/aromatic N) is 3. The third kappa shape index (κ3) is 6.03. The number of halogens is 1. The summed E-state index contributed by atoms with van der Waals surface area (Å²) in [5.74, 6) is 1.10. The highest BCUT2D eigenvalue weighted by atomic mass is 35.5. The minimum atomic E-state index is -0.215. The third-order valence-corrected chi connectivity index (χ3v) is 5.96. The number of hydrogen-bond acceptors (Lipinski definition) is 6. The monoisotopic (exact) mass is 492 g/mol. The Morgan fingerprint density at radius 1 is 1.00 bits per heavy atom. The molecule has 0 aliphatic heterocycles. The summed E-state index contributed by atoms with van der Waals surface area (Å²) in [4.78, 5) is 24.1. The minimum absolute atomic E-state index is 0.0604. The highest BCUT2D eigenvalue weighted by Crippen LogP contribution is 2.24. The molecule has 0 aliphatic carbocycles. The average molecular weight is 493 g/mol. The molecule has 0 saturated heterocycles. The molecule has 0 bridgehead atoms. The Balaban J connectivity index is 1.47. The van der Waals surface area contributed by atoms with Crippen LogP contribution in [0.2, 0.25) is 5.02 Å². The molecule has 9 heteroatoms. The lowest BCUT2D eigenvalue weighted by molar-refractivity contribution is -0.113. The molecule has 0 saturated carbocycles. The summed E-state index contributed by atoms with van der Waals surface area (Å²) in [6, 6.07) is 23.6. The summed E-state index contributed by atoms with van der Waals surface area (Å²) < 4.78 is 7.72. The van der Waals surface area contributed by atoms with Gasteiger partial charge in [-0.25, -0.2) is 0 Å². The van der Waals surface area contributed by atoms with Crippen molar-refractivity contribution in [1.82, 2.24) is 14.8 Å². The quantitative estimate of drug-likeness (QED) is 0.247. The molecule has 34 heavy (non-hydrogen) atoms. The Morgan fingerprint density at radius 3 is 2.50 bits per heavy atom. The molecule has 0 atom stereocenters. The number of para-hydroxylation sites is 1. The van der Waals surface area contributed by atoms with Crippen molar-refractivity contribution < 1.29 is 14.3 Å². The van der Waals surface area contributed by atoms with Crippen molar-refractivity contribution in [3.63, 3.8) is 0 Å². The van der Waals surface area contributed by atoms with Gasteiger partial charge >= 0.3 is 0 Å². The number of ether oxygens (including phenoxy) is 1. The molecule has 1 aromatic heterocycles. The molecule has 3 aromatic carbocycles. The number of amides is 1. The number of rotatable bonds is 9. The van der Waals surface area contributed by atoms with E-state index < -0.39 is 0 Å². The lowest BCUT2D eigenvalue weighted by Gasteiger charge is -2.11. The second-order valence-corrected chi connectivity index (χ2v) is 8.67. The van der Waals surface area contributed by atoms with Crippen molar-refractivity contribution in [3.05, 3.63) is 95.3 Å². The van der Waals surface area contributed by atoms with Crippen LogP contribution in [0.5, 0.6) is 5.75 Å². The molecule has 0 fully saturated rings. The number of hydrogen-bond donors (Lipinski definition) is 1. The number of anilines is 1. The van der Waals surface area contributed by atoms with Gasteiger partial charge in [0.2, 0.25) is 5.91 Å². The van der Waals surface area contributed by atoms with Crippen molar-refractivity contribution in [3.8, 4) is 11.4 Å². The van der Waals surface area contributed by atoms with Crippen LogP contribution >= 0.6 is 23.4 Å². The maximum atomic E-state index is 12.5. The molecule has 0 unspecified atom stereocenters. The predicted octanol–water partition coefficient (Wildman–Crippen LogP) is 5.43. The van der Waals surface area contributed by atoms with Gasteiger partial charge in [-0.1, -0.05) is 53.7 Å². The number of carbonyl (C=O) groups is 2. The fourth-order valence-electron chi connectivity index (χ4n) is 3.15. The number of nitrogens with one attached hydrogen (secondary N) is 1. The Kier molecular flexibility index (Phi) is 7.61. The molecular weight excluding hydrogens is 472 g/mol. The SMILES string of the molecule is CC(=O)c1cccc(NC(=O)CSc2nnc(COc3ccc(Cl)cc3)n2-c2ccccc2)c1. The van der Waals surface area contributed by atoms with E-state index in [0.717, 1.165) is 5.69 Å². The number of ketones is 1. The fraction of sp³-hybridized carbons (Fsp3) is 0.120.